The standard InChI is InChI=1S/C15H26N6O/c22-15(7-3-10-21-13-16-17-18-21)20-9-4-8-19(11-12-20)14-5-1-2-6-14/h13-14H,1-12H2. The van der Waals surface area contributed by atoms with Gasteiger partial charge in [0.1, 0.15) is 6.33 Å². The number of hydrogen-bond donors (Lipinski definition) is 0. The number of carbonyl (C=O) groups is 1. The number of aryl methyl sites for hydroxylation is 1. The van der Waals surface area contributed by atoms with Gasteiger partial charge in [0.15, 0.2) is 0 Å². The van der Waals surface area contributed by atoms with E-state index in [1.165, 1.54) is 25.7 Å². The van der Waals surface area contributed by atoms with E-state index in [-0.39, 0.29) is 5.91 Å². The summed E-state index contributed by atoms with van der Waals surface area (Å²) in [5.74, 6) is 0.279. The van der Waals surface area contributed by atoms with Gasteiger partial charge in [-0.05, 0) is 36.1 Å². The second kappa shape index (κ2) is 7.67. The lowest BCUT2D eigenvalue weighted by Crippen LogP contribution is -2.38. The quantitative estimate of drug-likeness (QED) is 0.809. The molecule has 0 N–H and O–H groups in total. The van der Waals surface area contributed by atoms with Crippen LogP contribution in [0, 0.1) is 0 Å². The van der Waals surface area contributed by atoms with Crippen LogP contribution in [0.3, 0.4) is 0 Å². The molecule has 1 aromatic heterocycles. The molecule has 2 heterocycles. The van der Waals surface area contributed by atoms with Crippen LogP contribution in [0.5, 0.6) is 0 Å². The third kappa shape index (κ3) is 4.03. The predicted octanol–water partition coefficient (Wildman–Crippen LogP) is 0.930. The van der Waals surface area contributed by atoms with Crippen molar-refractivity contribution in [3.8, 4) is 0 Å². The van der Waals surface area contributed by atoms with Crippen LogP contribution in [0.15, 0.2) is 6.33 Å². The van der Waals surface area contributed by atoms with Crippen LogP contribution >= 0.6 is 0 Å². The maximum Gasteiger partial charge on any atom is 0.222 e. The molecule has 1 aliphatic carbocycles. The summed E-state index contributed by atoms with van der Waals surface area (Å²) in [4.78, 5) is 17.0. The molecule has 1 amide bonds. The minimum absolute atomic E-state index is 0.279. The normalized spacial score (nSPS) is 21.2. The van der Waals surface area contributed by atoms with Crippen molar-refractivity contribution in [2.24, 2.45) is 0 Å². The molecule has 122 valence electrons. The highest BCUT2D eigenvalue weighted by Gasteiger charge is 2.25. The second-order valence-corrected chi connectivity index (χ2v) is 6.39. The summed E-state index contributed by atoms with van der Waals surface area (Å²) in [5.41, 5.74) is 0. The average molecular weight is 306 g/mol. The Balaban J connectivity index is 1.40. The van der Waals surface area contributed by atoms with Crippen LogP contribution in [0.2, 0.25) is 0 Å². The maximum absolute atomic E-state index is 12.4. The Labute approximate surface area is 131 Å². The van der Waals surface area contributed by atoms with Crippen LogP contribution in [-0.2, 0) is 11.3 Å². The number of rotatable bonds is 5. The van der Waals surface area contributed by atoms with Crippen LogP contribution in [0.4, 0.5) is 0 Å². The SMILES string of the molecule is O=C(CCCn1cnnn1)N1CCCN(C2CCCC2)CC1. The van der Waals surface area contributed by atoms with Crippen LogP contribution in [0.1, 0.15) is 44.9 Å². The van der Waals surface area contributed by atoms with Gasteiger partial charge in [-0.25, -0.2) is 4.68 Å². The minimum Gasteiger partial charge on any atom is -0.341 e. The number of amides is 1. The van der Waals surface area contributed by atoms with E-state index >= 15 is 0 Å². The van der Waals surface area contributed by atoms with Gasteiger partial charge in [-0.15, -0.1) is 5.10 Å². The topological polar surface area (TPSA) is 67.2 Å². The van der Waals surface area contributed by atoms with Crippen LogP contribution < -0.4 is 0 Å². The Morgan fingerprint density at radius 1 is 1.09 bits per heavy atom. The van der Waals surface area contributed by atoms with Crippen molar-refractivity contribution < 1.29 is 4.79 Å². The summed E-state index contributed by atoms with van der Waals surface area (Å²) < 4.78 is 1.68. The molecular weight excluding hydrogens is 280 g/mol. The molecule has 0 radical (unpaired) electrons. The lowest BCUT2D eigenvalue weighted by atomic mass is 10.2. The molecule has 0 aromatic carbocycles. The molecular formula is C15H26N6O. The maximum atomic E-state index is 12.4. The third-order valence-electron chi connectivity index (χ3n) is 4.89. The van der Waals surface area contributed by atoms with Gasteiger partial charge in [-0.2, -0.15) is 0 Å². The third-order valence-corrected chi connectivity index (χ3v) is 4.89. The van der Waals surface area contributed by atoms with Crippen molar-refractivity contribution in [1.82, 2.24) is 30.0 Å². The Bertz CT molecular complexity index is 457. The highest BCUT2D eigenvalue weighted by Crippen LogP contribution is 2.24. The Morgan fingerprint density at radius 3 is 2.73 bits per heavy atom. The fourth-order valence-corrected chi connectivity index (χ4v) is 3.65. The molecule has 0 unspecified atom stereocenters. The lowest BCUT2D eigenvalue weighted by Gasteiger charge is -2.27. The van der Waals surface area contributed by atoms with Crippen molar-refractivity contribution in [2.75, 3.05) is 26.2 Å². The summed E-state index contributed by atoms with van der Waals surface area (Å²) in [6.45, 7) is 4.70. The van der Waals surface area contributed by atoms with E-state index in [4.69, 9.17) is 0 Å². The van der Waals surface area contributed by atoms with E-state index in [9.17, 15) is 4.79 Å². The smallest absolute Gasteiger partial charge is 0.222 e. The first kappa shape index (κ1) is 15.4. The van der Waals surface area contributed by atoms with Crippen LogP contribution in [0.25, 0.3) is 0 Å². The van der Waals surface area contributed by atoms with Gasteiger partial charge >= 0.3 is 0 Å². The van der Waals surface area contributed by atoms with Gasteiger partial charge in [0.05, 0.1) is 0 Å². The first-order chi connectivity index (χ1) is 10.8. The van der Waals surface area contributed by atoms with Crippen molar-refractivity contribution in [3.63, 3.8) is 0 Å². The summed E-state index contributed by atoms with van der Waals surface area (Å²) in [5, 5.41) is 11.0. The van der Waals surface area contributed by atoms with Gasteiger partial charge in [-0.3, -0.25) is 9.69 Å². The number of tetrazole rings is 1. The summed E-state index contributed by atoms with van der Waals surface area (Å²) in [7, 11) is 0. The van der Waals surface area contributed by atoms with E-state index in [0.29, 0.717) is 13.0 Å². The monoisotopic (exact) mass is 306 g/mol. The second-order valence-electron chi connectivity index (χ2n) is 6.39. The lowest BCUT2D eigenvalue weighted by molar-refractivity contribution is -0.131. The Kier molecular flexibility index (Phi) is 5.37. The zero-order valence-electron chi connectivity index (χ0n) is 13.2. The average Bonchev–Trinajstić information content (AvgIpc) is 3.18. The molecule has 1 saturated heterocycles. The van der Waals surface area contributed by atoms with Crippen molar-refractivity contribution in [2.45, 2.75) is 57.5 Å². The molecule has 22 heavy (non-hydrogen) atoms. The first-order valence-electron chi connectivity index (χ1n) is 8.55. The van der Waals surface area contributed by atoms with Gasteiger partial charge in [0, 0.05) is 45.2 Å². The predicted molar refractivity (Wildman–Crippen MR) is 82.1 cm³/mol. The summed E-state index contributed by atoms with van der Waals surface area (Å²) >= 11 is 0. The molecule has 0 bridgehead atoms. The molecule has 2 fully saturated rings. The van der Waals surface area contributed by atoms with Crippen molar-refractivity contribution >= 4 is 5.91 Å². The van der Waals surface area contributed by atoms with E-state index in [1.807, 2.05) is 0 Å². The molecule has 0 atom stereocenters. The molecule has 0 spiro atoms. The molecule has 1 aromatic rings. The summed E-state index contributed by atoms with van der Waals surface area (Å²) in [6.07, 6.45) is 9.53. The molecule has 7 nitrogen and oxygen atoms in total. The van der Waals surface area contributed by atoms with Crippen LogP contribution in [-0.4, -0.2) is 68.1 Å². The number of nitrogens with zero attached hydrogens (tertiary/aromatic N) is 6. The number of hydrogen-bond acceptors (Lipinski definition) is 5. The van der Waals surface area contributed by atoms with E-state index in [1.54, 1.807) is 11.0 Å². The largest absolute Gasteiger partial charge is 0.341 e. The van der Waals surface area contributed by atoms with E-state index < -0.39 is 0 Å². The fourth-order valence-electron chi connectivity index (χ4n) is 3.65. The Morgan fingerprint density at radius 2 is 1.95 bits per heavy atom. The minimum atomic E-state index is 0.279. The zero-order valence-corrected chi connectivity index (χ0v) is 13.2. The molecule has 7 heteroatoms. The van der Waals surface area contributed by atoms with Gasteiger partial charge in [0.25, 0.3) is 0 Å². The summed E-state index contributed by atoms with van der Waals surface area (Å²) in [6, 6.07) is 0.773. The highest BCUT2D eigenvalue weighted by molar-refractivity contribution is 5.76. The van der Waals surface area contributed by atoms with Gasteiger partial charge in [0.2, 0.25) is 5.91 Å². The van der Waals surface area contributed by atoms with Gasteiger partial charge in [-0.1, -0.05) is 12.8 Å². The van der Waals surface area contributed by atoms with E-state index in [0.717, 1.165) is 45.1 Å². The molecule has 3 rings (SSSR count). The van der Waals surface area contributed by atoms with Crippen molar-refractivity contribution in [1.29, 1.82) is 0 Å². The number of carbonyl (C=O) groups excluding carboxylic acids is 1. The first-order valence-corrected chi connectivity index (χ1v) is 8.55. The number of aromatic nitrogens is 4. The van der Waals surface area contributed by atoms with Gasteiger partial charge < -0.3 is 4.90 Å². The Hall–Kier alpha value is -1.50. The van der Waals surface area contributed by atoms with E-state index in [2.05, 4.69) is 25.3 Å². The molecule has 1 aliphatic heterocycles. The highest BCUT2D eigenvalue weighted by atomic mass is 16.2. The molecule has 2 aliphatic rings. The molecule has 1 saturated carbocycles. The fraction of sp³-hybridized carbons (Fsp3) is 0.867. The van der Waals surface area contributed by atoms with Crippen molar-refractivity contribution in [3.05, 3.63) is 6.33 Å². The zero-order chi connectivity index (χ0) is 15.2.